The van der Waals surface area contributed by atoms with E-state index in [1.807, 2.05) is 0 Å². The number of hydrogen-bond donors (Lipinski definition) is 1. The van der Waals surface area contributed by atoms with Gasteiger partial charge in [0.05, 0.1) is 6.54 Å². The van der Waals surface area contributed by atoms with Crippen LogP contribution in [-0.2, 0) is 21.4 Å². The van der Waals surface area contributed by atoms with Crippen LogP contribution in [-0.4, -0.2) is 37.5 Å². The molecule has 0 radical (unpaired) electrons. The lowest BCUT2D eigenvalue weighted by atomic mass is 10.1. The van der Waals surface area contributed by atoms with E-state index in [0.717, 1.165) is 16.2 Å². The molecule has 2 aromatic rings. The largest absolute Gasteiger partial charge is 0.347 e. The quantitative estimate of drug-likeness (QED) is 0.818. The van der Waals surface area contributed by atoms with E-state index in [9.17, 15) is 18.0 Å². The second kappa shape index (κ2) is 7.87. The lowest BCUT2D eigenvalue weighted by Gasteiger charge is -2.24. The van der Waals surface area contributed by atoms with Crippen LogP contribution in [0.2, 0.25) is 5.02 Å². The third kappa shape index (κ3) is 4.32. The van der Waals surface area contributed by atoms with Gasteiger partial charge in [0, 0.05) is 41.4 Å². The molecule has 1 aromatic heterocycles. The first-order chi connectivity index (χ1) is 12.4. The predicted molar refractivity (Wildman–Crippen MR) is 99.9 cm³/mol. The van der Waals surface area contributed by atoms with Crippen molar-refractivity contribution in [3.8, 4) is 0 Å². The molecule has 9 heteroatoms. The number of sulfonamides is 1. The number of rotatable bonds is 5. The highest BCUT2D eigenvalue weighted by molar-refractivity contribution is 7.91. The highest BCUT2D eigenvalue weighted by atomic mass is 35.5. The third-order valence-corrected chi connectivity index (χ3v) is 7.74. The van der Waals surface area contributed by atoms with Crippen molar-refractivity contribution < 1.29 is 18.0 Å². The zero-order valence-corrected chi connectivity index (χ0v) is 16.2. The molecule has 3 rings (SSSR count). The van der Waals surface area contributed by atoms with Crippen molar-refractivity contribution in [3.63, 3.8) is 0 Å². The summed E-state index contributed by atoms with van der Waals surface area (Å²) in [7, 11) is -3.59. The number of nitrogens with one attached hydrogen (secondary N) is 1. The Bertz CT molecular complexity index is 912. The molecule has 1 aliphatic rings. The Morgan fingerprint density at radius 2 is 1.77 bits per heavy atom. The highest BCUT2D eigenvalue weighted by Crippen LogP contribution is 2.26. The van der Waals surface area contributed by atoms with Crippen molar-refractivity contribution in [2.45, 2.75) is 23.6 Å². The van der Waals surface area contributed by atoms with Gasteiger partial charge in [-0.05, 0) is 36.4 Å². The summed E-state index contributed by atoms with van der Waals surface area (Å²) >= 11 is 6.92. The van der Waals surface area contributed by atoms with Gasteiger partial charge in [-0.2, -0.15) is 4.31 Å². The molecule has 1 aliphatic heterocycles. The molecule has 138 valence electrons. The lowest BCUT2D eigenvalue weighted by Crippen LogP contribution is -2.38. The molecular formula is C17H17ClN2O4S2. The first-order valence-electron chi connectivity index (χ1n) is 8.00. The normalized spacial score (nSPS) is 15.8. The summed E-state index contributed by atoms with van der Waals surface area (Å²) in [5, 5.41) is 3.31. The van der Waals surface area contributed by atoms with Crippen LogP contribution in [0.15, 0.2) is 40.6 Å². The Hall–Kier alpha value is -1.74. The second-order valence-electron chi connectivity index (χ2n) is 5.85. The number of halogens is 1. The van der Waals surface area contributed by atoms with Crippen molar-refractivity contribution in [2.75, 3.05) is 13.1 Å². The summed E-state index contributed by atoms with van der Waals surface area (Å²) < 4.78 is 26.8. The average Bonchev–Trinajstić information content (AvgIpc) is 3.10. The van der Waals surface area contributed by atoms with E-state index in [1.165, 1.54) is 4.31 Å². The van der Waals surface area contributed by atoms with Gasteiger partial charge in [-0.15, -0.1) is 11.3 Å². The van der Waals surface area contributed by atoms with Crippen LogP contribution in [0.3, 0.4) is 0 Å². The Morgan fingerprint density at radius 3 is 2.42 bits per heavy atom. The van der Waals surface area contributed by atoms with E-state index in [1.54, 1.807) is 36.4 Å². The smallest absolute Gasteiger partial charge is 0.252 e. The molecule has 1 fully saturated rings. The maximum atomic E-state index is 12.6. The minimum Gasteiger partial charge on any atom is -0.347 e. The fraction of sp³-hybridized carbons (Fsp3) is 0.294. The molecule has 1 amide bonds. The number of Topliss-reactive ketones (excluding diaryl/α,β-unsaturated/α-hetero) is 1. The van der Waals surface area contributed by atoms with Gasteiger partial charge in [-0.3, -0.25) is 9.59 Å². The monoisotopic (exact) mass is 412 g/mol. The van der Waals surface area contributed by atoms with Gasteiger partial charge in [0.2, 0.25) is 0 Å². The molecule has 0 spiro atoms. The summed E-state index contributed by atoms with van der Waals surface area (Å²) in [5.41, 5.74) is 0.483. The molecule has 0 unspecified atom stereocenters. The Kier molecular flexibility index (Phi) is 5.76. The molecule has 1 aromatic carbocycles. The van der Waals surface area contributed by atoms with Gasteiger partial charge in [-0.1, -0.05) is 11.6 Å². The number of carbonyl (C=O) groups excluding carboxylic acids is 2. The molecular weight excluding hydrogens is 396 g/mol. The fourth-order valence-corrected chi connectivity index (χ4v) is 5.58. The Labute approximate surface area is 160 Å². The van der Waals surface area contributed by atoms with Crippen LogP contribution in [0.1, 0.15) is 28.1 Å². The van der Waals surface area contributed by atoms with Gasteiger partial charge >= 0.3 is 0 Å². The molecule has 0 saturated carbocycles. The number of nitrogens with zero attached hydrogens (tertiary/aromatic N) is 1. The molecule has 26 heavy (non-hydrogen) atoms. The molecule has 2 heterocycles. The number of amides is 1. The van der Waals surface area contributed by atoms with Crippen LogP contribution in [0.25, 0.3) is 0 Å². The van der Waals surface area contributed by atoms with Crippen LogP contribution in [0.4, 0.5) is 0 Å². The van der Waals surface area contributed by atoms with E-state index >= 15 is 0 Å². The summed E-state index contributed by atoms with van der Waals surface area (Å²) in [5.74, 6) is -0.165. The van der Waals surface area contributed by atoms with E-state index in [2.05, 4.69) is 5.32 Å². The molecule has 1 saturated heterocycles. The molecule has 0 bridgehead atoms. The maximum absolute atomic E-state index is 12.6. The number of benzene rings is 1. The number of ketones is 1. The van der Waals surface area contributed by atoms with Crippen LogP contribution >= 0.6 is 22.9 Å². The zero-order chi connectivity index (χ0) is 18.7. The molecule has 0 aliphatic carbocycles. The summed E-state index contributed by atoms with van der Waals surface area (Å²) in [4.78, 5) is 24.1. The predicted octanol–water partition coefficient (Wildman–Crippen LogP) is 2.69. The zero-order valence-electron chi connectivity index (χ0n) is 13.8. The highest BCUT2D eigenvalue weighted by Gasteiger charge is 2.29. The van der Waals surface area contributed by atoms with Crippen molar-refractivity contribution in [3.05, 3.63) is 51.9 Å². The van der Waals surface area contributed by atoms with Crippen LogP contribution < -0.4 is 5.32 Å². The summed E-state index contributed by atoms with van der Waals surface area (Å²) in [6.07, 6.45) is 0.517. The molecule has 1 N–H and O–H groups in total. The minimum absolute atomic E-state index is 0.0910. The number of hydrogen-bond acceptors (Lipinski definition) is 5. The van der Waals surface area contributed by atoms with Crippen LogP contribution in [0, 0.1) is 0 Å². The van der Waals surface area contributed by atoms with Crippen molar-refractivity contribution in [1.82, 2.24) is 9.62 Å². The van der Waals surface area contributed by atoms with Gasteiger partial charge in [0.1, 0.15) is 9.99 Å². The third-order valence-electron chi connectivity index (χ3n) is 4.04. The van der Waals surface area contributed by atoms with Crippen molar-refractivity contribution >= 4 is 44.7 Å². The first-order valence-corrected chi connectivity index (χ1v) is 10.6. The second-order valence-corrected chi connectivity index (χ2v) is 9.62. The van der Waals surface area contributed by atoms with Gasteiger partial charge < -0.3 is 5.32 Å². The number of piperidine rings is 1. The van der Waals surface area contributed by atoms with Gasteiger partial charge in [0.25, 0.3) is 15.9 Å². The maximum Gasteiger partial charge on any atom is 0.252 e. The van der Waals surface area contributed by atoms with Gasteiger partial charge in [0.15, 0.2) is 0 Å². The summed E-state index contributed by atoms with van der Waals surface area (Å²) in [6, 6.07) is 9.75. The first kappa shape index (κ1) is 19.0. The van der Waals surface area contributed by atoms with Gasteiger partial charge in [-0.25, -0.2) is 8.42 Å². The average molecular weight is 413 g/mol. The standard InChI is InChI=1S/C17H17ClN2O4S2/c18-13-3-1-12(2-4-13)17(22)19-11-15-5-6-16(25-15)26(23,24)20-9-7-14(21)8-10-20/h1-6H,7-11H2,(H,19,22). The van der Waals surface area contributed by atoms with E-state index in [0.29, 0.717) is 10.6 Å². The van der Waals surface area contributed by atoms with E-state index in [4.69, 9.17) is 11.6 Å². The topological polar surface area (TPSA) is 83.6 Å². The van der Waals surface area contributed by atoms with Crippen LogP contribution in [0.5, 0.6) is 0 Å². The van der Waals surface area contributed by atoms with Crippen molar-refractivity contribution in [1.29, 1.82) is 0 Å². The molecule has 0 atom stereocenters. The fourth-order valence-electron chi connectivity index (χ4n) is 2.57. The SMILES string of the molecule is O=C1CCN(S(=O)(=O)c2ccc(CNC(=O)c3ccc(Cl)cc3)s2)CC1. The number of carbonyl (C=O) groups is 2. The van der Waals surface area contributed by atoms with E-state index < -0.39 is 10.0 Å². The van der Waals surface area contributed by atoms with E-state index in [-0.39, 0.29) is 48.4 Å². The number of thiophene rings is 1. The lowest BCUT2D eigenvalue weighted by molar-refractivity contribution is -0.120. The Balaban J connectivity index is 1.63. The Morgan fingerprint density at radius 1 is 1.12 bits per heavy atom. The summed E-state index contributed by atoms with van der Waals surface area (Å²) in [6.45, 7) is 0.684. The molecule has 6 nitrogen and oxygen atoms in total. The van der Waals surface area contributed by atoms with Crippen molar-refractivity contribution in [2.24, 2.45) is 0 Å². The minimum atomic E-state index is -3.59.